The molecule has 0 aromatic heterocycles. The highest BCUT2D eigenvalue weighted by atomic mass is 35.5. The minimum absolute atomic E-state index is 0. The van der Waals surface area contributed by atoms with Gasteiger partial charge in [-0.3, -0.25) is 9.69 Å². The van der Waals surface area contributed by atoms with Crippen LogP contribution in [0.15, 0.2) is 18.2 Å². The van der Waals surface area contributed by atoms with Crippen LogP contribution in [0.2, 0.25) is 5.02 Å². The number of piperazine rings is 1. The van der Waals surface area contributed by atoms with Crippen LogP contribution in [0.4, 0.5) is 4.39 Å². The van der Waals surface area contributed by atoms with Gasteiger partial charge in [-0.15, -0.1) is 12.4 Å². The molecule has 0 aliphatic carbocycles. The lowest BCUT2D eigenvalue weighted by Gasteiger charge is -2.37. The number of hydrogen-bond donors (Lipinski definition) is 1. The Morgan fingerprint density at radius 2 is 1.88 bits per heavy atom. The zero-order valence-corrected chi connectivity index (χ0v) is 15.2. The van der Waals surface area contributed by atoms with E-state index in [1.165, 1.54) is 12.1 Å². The van der Waals surface area contributed by atoms with Crippen LogP contribution < -0.4 is 5.32 Å². The zero-order valence-electron chi connectivity index (χ0n) is 13.6. The third-order valence-corrected chi connectivity index (χ3v) is 5.13. The van der Waals surface area contributed by atoms with Crippen molar-refractivity contribution >= 4 is 29.9 Å². The third-order valence-electron chi connectivity index (χ3n) is 4.78. The van der Waals surface area contributed by atoms with Gasteiger partial charge in [0, 0.05) is 43.7 Å². The molecule has 0 bridgehead atoms. The number of amides is 1. The summed E-state index contributed by atoms with van der Waals surface area (Å²) in [5, 5.41) is 3.77. The highest BCUT2D eigenvalue weighted by molar-refractivity contribution is 6.31. The number of nitrogens with one attached hydrogen (secondary N) is 1. The van der Waals surface area contributed by atoms with E-state index < -0.39 is 0 Å². The molecule has 3 rings (SSSR count). The molecule has 7 heteroatoms. The van der Waals surface area contributed by atoms with Crippen molar-refractivity contribution in [1.29, 1.82) is 0 Å². The molecule has 1 aromatic rings. The van der Waals surface area contributed by atoms with Crippen LogP contribution in [0, 0.1) is 11.7 Å². The van der Waals surface area contributed by atoms with Gasteiger partial charge in [-0.1, -0.05) is 17.7 Å². The van der Waals surface area contributed by atoms with Crippen LogP contribution >= 0.6 is 24.0 Å². The van der Waals surface area contributed by atoms with Crippen LogP contribution in [0.5, 0.6) is 0 Å². The van der Waals surface area contributed by atoms with Crippen LogP contribution in [0.25, 0.3) is 0 Å². The quantitative estimate of drug-likeness (QED) is 0.881. The molecular formula is C17H24Cl2FN3O. The molecule has 0 unspecified atom stereocenters. The normalized spacial score (nSPS) is 19.8. The van der Waals surface area contributed by atoms with Crippen molar-refractivity contribution in [1.82, 2.24) is 15.1 Å². The second kappa shape index (κ2) is 8.99. The molecule has 2 heterocycles. The van der Waals surface area contributed by atoms with Crippen LogP contribution in [0.1, 0.15) is 18.4 Å². The molecule has 0 spiro atoms. The molecule has 4 nitrogen and oxygen atoms in total. The molecule has 0 radical (unpaired) electrons. The summed E-state index contributed by atoms with van der Waals surface area (Å²) in [5.74, 6) is 0.191. The third kappa shape index (κ3) is 4.82. The Kier molecular flexibility index (Phi) is 7.29. The molecule has 2 aliphatic rings. The first-order valence-corrected chi connectivity index (χ1v) is 8.67. The van der Waals surface area contributed by atoms with Gasteiger partial charge in [0.1, 0.15) is 5.82 Å². The largest absolute Gasteiger partial charge is 0.340 e. The maximum absolute atomic E-state index is 13.1. The van der Waals surface area contributed by atoms with Crippen LogP contribution in [-0.4, -0.2) is 55.0 Å². The highest BCUT2D eigenvalue weighted by Crippen LogP contribution is 2.21. The fourth-order valence-corrected chi connectivity index (χ4v) is 3.57. The van der Waals surface area contributed by atoms with E-state index in [0.717, 1.165) is 57.7 Å². The van der Waals surface area contributed by atoms with Gasteiger partial charge in [0.05, 0.1) is 0 Å². The topological polar surface area (TPSA) is 35.6 Å². The predicted octanol–water partition coefficient (Wildman–Crippen LogP) is 2.54. The van der Waals surface area contributed by atoms with Gasteiger partial charge in [0.2, 0.25) is 5.91 Å². The Bertz CT molecular complexity index is 559. The van der Waals surface area contributed by atoms with Gasteiger partial charge in [-0.2, -0.15) is 0 Å². The van der Waals surface area contributed by atoms with E-state index in [9.17, 15) is 9.18 Å². The van der Waals surface area contributed by atoms with E-state index in [2.05, 4.69) is 10.2 Å². The highest BCUT2D eigenvalue weighted by Gasteiger charge is 2.28. The Morgan fingerprint density at radius 3 is 2.50 bits per heavy atom. The van der Waals surface area contributed by atoms with Crippen LogP contribution in [0.3, 0.4) is 0 Å². The van der Waals surface area contributed by atoms with Crippen molar-refractivity contribution in [2.75, 3.05) is 39.3 Å². The van der Waals surface area contributed by atoms with Crippen molar-refractivity contribution < 1.29 is 9.18 Å². The van der Waals surface area contributed by atoms with Gasteiger partial charge in [-0.25, -0.2) is 4.39 Å². The molecule has 1 N–H and O–H groups in total. The van der Waals surface area contributed by atoms with Gasteiger partial charge in [0.15, 0.2) is 0 Å². The second-order valence-corrected chi connectivity index (χ2v) is 6.77. The number of carbonyl (C=O) groups is 1. The Labute approximate surface area is 153 Å². The van der Waals surface area contributed by atoms with E-state index in [-0.39, 0.29) is 24.1 Å². The molecule has 2 aliphatic heterocycles. The first-order chi connectivity index (χ1) is 11.1. The minimum atomic E-state index is -0.309. The zero-order chi connectivity index (χ0) is 16.2. The number of piperidine rings is 1. The van der Waals surface area contributed by atoms with Crippen molar-refractivity contribution in [3.05, 3.63) is 34.6 Å². The average molecular weight is 376 g/mol. The summed E-state index contributed by atoms with van der Waals surface area (Å²) in [6.45, 7) is 5.80. The van der Waals surface area contributed by atoms with Crippen molar-refractivity contribution in [2.45, 2.75) is 19.4 Å². The SMILES string of the molecule is Cl.O=C(C1CCNCC1)N1CCN(Cc2ccc(F)cc2Cl)CC1. The number of nitrogens with zero attached hydrogens (tertiary/aromatic N) is 2. The molecule has 2 fully saturated rings. The fourth-order valence-electron chi connectivity index (χ4n) is 3.34. The smallest absolute Gasteiger partial charge is 0.225 e. The summed E-state index contributed by atoms with van der Waals surface area (Å²) in [6.07, 6.45) is 1.90. The Balaban J connectivity index is 0.00000208. The maximum atomic E-state index is 13.1. The molecule has 1 amide bonds. The summed E-state index contributed by atoms with van der Waals surface area (Å²) in [6, 6.07) is 4.54. The summed E-state index contributed by atoms with van der Waals surface area (Å²) in [7, 11) is 0. The molecule has 2 saturated heterocycles. The van der Waals surface area contributed by atoms with E-state index in [1.807, 2.05) is 4.90 Å². The molecule has 134 valence electrons. The van der Waals surface area contributed by atoms with Gasteiger partial charge >= 0.3 is 0 Å². The van der Waals surface area contributed by atoms with E-state index in [0.29, 0.717) is 17.5 Å². The number of halogens is 3. The summed E-state index contributed by atoms with van der Waals surface area (Å²) in [5.41, 5.74) is 0.936. The molecule has 1 aromatic carbocycles. The fraction of sp³-hybridized carbons (Fsp3) is 0.588. The average Bonchev–Trinajstić information content (AvgIpc) is 2.58. The number of carbonyl (C=O) groups excluding carboxylic acids is 1. The van der Waals surface area contributed by atoms with E-state index >= 15 is 0 Å². The first-order valence-electron chi connectivity index (χ1n) is 8.29. The van der Waals surface area contributed by atoms with Crippen molar-refractivity contribution in [2.24, 2.45) is 5.92 Å². The maximum Gasteiger partial charge on any atom is 0.225 e. The van der Waals surface area contributed by atoms with E-state index in [1.54, 1.807) is 6.07 Å². The summed E-state index contributed by atoms with van der Waals surface area (Å²) < 4.78 is 13.1. The van der Waals surface area contributed by atoms with Crippen molar-refractivity contribution in [3.8, 4) is 0 Å². The molecular weight excluding hydrogens is 352 g/mol. The standard InChI is InChI=1S/C17H23ClFN3O.ClH/c18-16-11-15(19)2-1-14(16)12-21-7-9-22(10-8-21)17(23)13-3-5-20-6-4-13;/h1-2,11,13,20H,3-10,12H2;1H. The number of rotatable bonds is 3. The minimum Gasteiger partial charge on any atom is -0.340 e. The van der Waals surface area contributed by atoms with Crippen molar-refractivity contribution in [3.63, 3.8) is 0 Å². The van der Waals surface area contributed by atoms with Gasteiger partial charge < -0.3 is 10.2 Å². The number of hydrogen-bond acceptors (Lipinski definition) is 3. The lowest BCUT2D eigenvalue weighted by atomic mass is 9.96. The molecule has 0 atom stereocenters. The molecule has 0 saturated carbocycles. The molecule has 24 heavy (non-hydrogen) atoms. The lowest BCUT2D eigenvalue weighted by Crippen LogP contribution is -2.51. The van der Waals surface area contributed by atoms with E-state index in [4.69, 9.17) is 11.6 Å². The Hall–Kier alpha value is -0.880. The number of benzene rings is 1. The van der Waals surface area contributed by atoms with Gasteiger partial charge in [0.25, 0.3) is 0 Å². The first kappa shape index (κ1) is 19.4. The monoisotopic (exact) mass is 375 g/mol. The Morgan fingerprint density at radius 1 is 1.21 bits per heavy atom. The lowest BCUT2D eigenvalue weighted by molar-refractivity contribution is -0.138. The predicted molar refractivity (Wildman–Crippen MR) is 96.1 cm³/mol. The van der Waals surface area contributed by atoms with Crippen LogP contribution in [-0.2, 0) is 11.3 Å². The summed E-state index contributed by atoms with van der Waals surface area (Å²) in [4.78, 5) is 16.8. The van der Waals surface area contributed by atoms with Gasteiger partial charge in [-0.05, 0) is 43.6 Å². The summed E-state index contributed by atoms with van der Waals surface area (Å²) >= 11 is 6.09. The second-order valence-electron chi connectivity index (χ2n) is 6.36.